The van der Waals surface area contributed by atoms with E-state index in [0.29, 0.717) is 11.5 Å². The molecule has 0 saturated carbocycles. The van der Waals surface area contributed by atoms with Crippen LogP contribution >= 0.6 is 15.9 Å². The number of hydrogen-bond acceptors (Lipinski definition) is 3. The fourth-order valence-electron chi connectivity index (χ4n) is 2.98. The predicted octanol–water partition coefficient (Wildman–Crippen LogP) is 5.29. The number of carbonyl (C=O) groups excluding carboxylic acids is 1. The summed E-state index contributed by atoms with van der Waals surface area (Å²) in [6.07, 6.45) is 1.80. The van der Waals surface area contributed by atoms with Crippen LogP contribution in [0.1, 0.15) is 11.1 Å². The number of para-hydroxylation sites is 1. The molecule has 1 aliphatic rings. The van der Waals surface area contributed by atoms with Gasteiger partial charge in [-0.3, -0.25) is 9.69 Å². The molecule has 0 aromatic heterocycles. The van der Waals surface area contributed by atoms with Crippen LogP contribution in [0.5, 0.6) is 5.75 Å². The fourth-order valence-corrected chi connectivity index (χ4v) is 3.25. The second-order valence-corrected chi connectivity index (χ2v) is 7.14. The minimum absolute atomic E-state index is 0.153. The van der Waals surface area contributed by atoms with E-state index < -0.39 is 0 Å². The molecule has 0 unspecified atom stereocenters. The van der Waals surface area contributed by atoms with Gasteiger partial charge in [-0.05, 0) is 48.0 Å². The van der Waals surface area contributed by atoms with Gasteiger partial charge in [0.1, 0.15) is 17.3 Å². The van der Waals surface area contributed by atoms with E-state index in [4.69, 9.17) is 4.74 Å². The topological polar surface area (TPSA) is 41.9 Å². The monoisotopic (exact) mass is 432 g/mol. The standard InChI is InChI=1S/C23H17BrN2O2/c1-28-20-13-7-16(8-14-20)15-21-23(27)26(19-5-3-2-4-6-19)22(25-21)17-9-11-18(24)12-10-17/h2-15H,1H3/b21-15+. The maximum Gasteiger partial charge on any atom is 0.282 e. The van der Waals surface area contributed by atoms with Gasteiger partial charge in [0.25, 0.3) is 5.91 Å². The number of anilines is 1. The number of rotatable bonds is 4. The average molecular weight is 433 g/mol. The molecule has 3 aromatic carbocycles. The molecule has 0 saturated heterocycles. The molecule has 1 aliphatic heterocycles. The first-order valence-corrected chi connectivity index (χ1v) is 9.55. The quantitative estimate of drug-likeness (QED) is 0.525. The summed E-state index contributed by atoms with van der Waals surface area (Å²) in [5.41, 5.74) is 2.94. The number of aliphatic imine (C=N–C) groups is 1. The lowest BCUT2D eigenvalue weighted by atomic mass is 10.1. The van der Waals surface area contributed by atoms with Crippen LogP contribution in [0.15, 0.2) is 94.0 Å². The number of amides is 1. The molecule has 0 fully saturated rings. The zero-order valence-electron chi connectivity index (χ0n) is 15.2. The minimum atomic E-state index is -0.153. The van der Waals surface area contributed by atoms with Crippen molar-refractivity contribution in [2.75, 3.05) is 12.0 Å². The maximum atomic E-state index is 13.2. The second-order valence-electron chi connectivity index (χ2n) is 6.22. The largest absolute Gasteiger partial charge is 0.497 e. The van der Waals surface area contributed by atoms with Crippen molar-refractivity contribution in [3.05, 3.63) is 100 Å². The lowest BCUT2D eigenvalue weighted by Gasteiger charge is -2.18. The third-order valence-electron chi connectivity index (χ3n) is 4.40. The molecule has 5 heteroatoms. The molecule has 1 heterocycles. The maximum absolute atomic E-state index is 13.2. The molecule has 0 N–H and O–H groups in total. The van der Waals surface area contributed by atoms with Gasteiger partial charge >= 0.3 is 0 Å². The Kier molecular flexibility index (Phi) is 5.08. The van der Waals surface area contributed by atoms with Gasteiger partial charge in [-0.1, -0.05) is 58.4 Å². The Morgan fingerprint density at radius 3 is 2.25 bits per heavy atom. The zero-order valence-corrected chi connectivity index (χ0v) is 16.8. The number of halogens is 1. The molecule has 4 nitrogen and oxygen atoms in total. The first kappa shape index (κ1) is 18.2. The number of amidine groups is 1. The van der Waals surface area contributed by atoms with E-state index in [9.17, 15) is 4.79 Å². The summed E-state index contributed by atoms with van der Waals surface area (Å²) in [5.74, 6) is 1.23. The van der Waals surface area contributed by atoms with Crippen LogP contribution in [0, 0.1) is 0 Å². The first-order chi connectivity index (χ1) is 13.7. The number of carbonyl (C=O) groups is 1. The summed E-state index contributed by atoms with van der Waals surface area (Å²) in [4.78, 5) is 19.5. The molecule has 1 amide bonds. The Morgan fingerprint density at radius 2 is 1.61 bits per heavy atom. The van der Waals surface area contributed by atoms with Crippen molar-refractivity contribution in [3.8, 4) is 5.75 Å². The van der Waals surface area contributed by atoms with Gasteiger partial charge in [-0.2, -0.15) is 0 Å². The highest BCUT2D eigenvalue weighted by Crippen LogP contribution is 2.28. The van der Waals surface area contributed by atoms with E-state index in [2.05, 4.69) is 20.9 Å². The van der Waals surface area contributed by atoms with Crippen LogP contribution in [0.25, 0.3) is 6.08 Å². The lowest BCUT2D eigenvalue weighted by molar-refractivity contribution is -0.113. The third kappa shape index (κ3) is 3.62. The molecule has 3 aromatic rings. The van der Waals surface area contributed by atoms with Crippen molar-refractivity contribution in [3.63, 3.8) is 0 Å². The molecule has 0 bridgehead atoms. The second kappa shape index (κ2) is 7.82. The van der Waals surface area contributed by atoms with Crippen LogP contribution in [0.4, 0.5) is 5.69 Å². The van der Waals surface area contributed by atoms with Gasteiger partial charge in [0.05, 0.1) is 12.8 Å². The predicted molar refractivity (Wildman–Crippen MR) is 116 cm³/mol. The Bertz CT molecular complexity index is 1060. The minimum Gasteiger partial charge on any atom is -0.497 e. The highest BCUT2D eigenvalue weighted by molar-refractivity contribution is 9.10. The normalized spacial score (nSPS) is 15.1. The van der Waals surface area contributed by atoms with Gasteiger partial charge in [0.15, 0.2) is 0 Å². The van der Waals surface area contributed by atoms with Crippen molar-refractivity contribution in [2.45, 2.75) is 0 Å². The van der Waals surface area contributed by atoms with E-state index in [1.807, 2.05) is 78.9 Å². The summed E-state index contributed by atoms with van der Waals surface area (Å²) in [7, 11) is 1.63. The van der Waals surface area contributed by atoms with Gasteiger partial charge in [-0.15, -0.1) is 0 Å². The van der Waals surface area contributed by atoms with Gasteiger partial charge in [0.2, 0.25) is 0 Å². The Hall–Kier alpha value is -3.18. The fraction of sp³-hybridized carbons (Fsp3) is 0.0435. The van der Waals surface area contributed by atoms with Gasteiger partial charge < -0.3 is 4.74 Å². The van der Waals surface area contributed by atoms with Gasteiger partial charge in [0, 0.05) is 10.0 Å². The lowest BCUT2D eigenvalue weighted by Crippen LogP contribution is -2.32. The summed E-state index contributed by atoms with van der Waals surface area (Å²) in [6.45, 7) is 0. The van der Waals surface area contributed by atoms with Crippen molar-refractivity contribution in [1.82, 2.24) is 0 Å². The van der Waals surface area contributed by atoms with E-state index in [0.717, 1.165) is 27.0 Å². The average Bonchev–Trinajstić information content (AvgIpc) is 3.06. The SMILES string of the molecule is COc1ccc(/C=C2/N=C(c3ccc(Br)cc3)N(c3ccccc3)C2=O)cc1. The van der Waals surface area contributed by atoms with E-state index in [1.165, 1.54) is 0 Å². The van der Waals surface area contributed by atoms with Crippen LogP contribution in [0.3, 0.4) is 0 Å². The Morgan fingerprint density at radius 1 is 0.929 bits per heavy atom. The highest BCUT2D eigenvalue weighted by Gasteiger charge is 2.32. The molecule has 0 atom stereocenters. The van der Waals surface area contributed by atoms with Crippen LogP contribution in [0.2, 0.25) is 0 Å². The number of methoxy groups -OCH3 is 1. The van der Waals surface area contributed by atoms with Gasteiger partial charge in [-0.25, -0.2) is 4.99 Å². The summed E-state index contributed by atoms with van der Waals surface area (Å²) >= 11 is 3.45. The van der Waals surface area contributed by atoms with Crippen molar-refractivity contribution in [1.29, 1.82) is 0 Å². The Balaban J connectivity index is 1.78. The number of hydrogen-bond donors (Lipinski definition) is 0. The Labute approximate surface area is 171 Å². The molecule has 0 aliphatic carbocycles. The zero-order chi connectivity index (χ0) is 19.5. The van der Waals surface area contributed by atoms with E-state index in [1.54, 1.807) is 18.1 Å². The first-order valence-electron chi connectivity index (χ1n) is 8.75. The molecular formula is C23H17BrN2O2. The number of nitrogens with zero attached hydrogens (tertiary/aromatic N) is 2. The van der Waals surface area contributed by atoms with Crippen LogP contribution < -0.4 is 9.64 Å². The highest BCUT2D eigenvalue weighted by atomic mass is 79.9. The molecule has 0 radical (unpaired) electrons. The molecule has 0 spiro atoms. The molecule has 138 valence electrons. The van der Waals surface area contributed by atoms with Crippen LogP contribution in [-0.4, -0.2) is 18.9 Å². The number of benzene rings is 3. The van der Waals surface area contributed by atoms with Crippen LogP contribution in [-0.2, 0) is 4.79 Å². The summed E-state index contributed by atoms with van der Waals surface area (Å²) in [6, 6.07) is 24.9. The van der Waals surface area contributed by atoms with E-state index >= 15 is 0 Å². The summed E-state index contributed by atoms with van der Waals surface area (Å²) in [5, 5.41) is 0. The van der Waals surface area contributed by atoms with Crippen molar-refractivity contribution >= 4 is 39.4 Å². The summed E-state index contributed by atoms with van der Waals surface area (Å²) < 4.78 is 6.17. The molecular weight excluding hydrogens is 416 g/mol. The van der Waals surface area contributed by atoms with E-state index in [-0.39, 0.29) is 5.91 Å². The smallest absolute Gasteiger partial charge is 0.282 e. The number of ether oxygens (including phenoxy) is 1. The van der Waals surface area contributed by atoms with Crippen molar-refractivity contribution in [2.24, 2.45) is 4.99 Å². The molecule has 28 heavy (non-hydrogen) atoms. The third-order valence-corrected chi connectivity index (χ3v) is 4.93. The molecule has 4 rings (SSSR count). The van der Waals surface area contributed by atoms with Crippen molar-refractivity contribution < 1.29 is 9.53 Å².